The van der Waals surface area contributed by atoms with Gasteiger partial charge in [0.2, 0.25) is 5.91 Å². The molecule has 1 amide bonds. The Balaban J connectivity index is 2.70. The van der Waals surface area contributed by atoms with Crippen molar-refractivity contribution in [1.82, 2.24) is 5.32 Å². The Bertz CT molecular complexity index is 233. The molecule has 4 nitrogen and oxygen atoms in total. The van der Waals surface area contributed by atoms with Crippen LogP contribution in [0.3, 0.4) is 0 Å². The number of aliphatic hydroxyl groups excluding tert-OH is 1. The molecule has 1 aliphatic heterocycles. The third-order valence-electron chi connectivity index (χ3n) is 1.74. The first-order chi connectivity index (χ1) is 5.41. The SMILES string of the molecule is CC(=O)NC1=NC(C)(C)CC1O. The third kappa shape index (κ3) is 2.04. The van der Waals surface area contributed by atoms with Gasteiger partial charge in [0.05, 0.1) is 5.54 Å². The van der Waals surface area contributed by atoms with E-state index in [1.807, 2.05) is 13.8 Å². The van der Waals surface area contributed by atoms with Crippen molar-refractivity contribution in [3.8, 4) is 0 Å². The molecule has 0 aromatic heterocycles. The molecule has 0 aliphatic carbocycles. The van der Waals surface area contributed by atoms with Crippen molar-refractivity contribution in [2.24, 2.45) is 4.99 Å². The number of carbonyl (C=O) groups excluding carboxylic acids is 1. The molecule has 4 heteroatoms. The minimum absolute atomic E-state index is 0.189. The van der Waals surface area contributed by atoms with Gasteiger partial charge in [-0.3, -0.25) is 9.79 Å². The summed E-state index contributed by atoms with van der Waals surface area (Å²) in [5, 5.41) is 11.9. The van der Waals surface area contributed by atoms with Crippen LogP contribution in [0.4, 0.5) is 0 Å². The number of nitrogens with one attached hydrogen (secondary N) is 1. The average molecular weight is 170 g/mol. The quantitative estimate of drug-likeness (QED) is 0.540. The fourth-order valence-corrected chi connectivity index (χ4v) is 1.31. The van der Waals surface area contributed by atoms with Crippen LogP contribution >= 0.6 is 0 Å². The maximum atomic E-state index is 10.7. The first-order valence-electron chi connectivity index (χ1n) is 3.96. The van der Waals surface area contributed by atoms with E-state index >= 15 is 0 Å². The molecule has 12 heavy (non-hydrogen) atoms. The topological polar surface area (TPSA) is 61.7 Å². The van der Waals surface area contributed by atoms with Crippen LogP contribution in [0.15, 0.2) is 4.99 Å². The monoisotopic (exact) mass is 170 g/mol. The first-order valence-corrected chi connectivity index (χ1v) is 3.96. The Kier molecular flexibility index (Phi) is 2.19. The molecule has 0 radical (unpaired) electrons. The Hall–Kier alpha value is -0.900. The van der Waals surface area contributed by atoms with E-state index in [-0.39, 0.29) is 11.4 Å². The number of aliphatic hydroxyl groups is 1. The summed E-state index contributed by atoms with van der Waals surface area (Å²) in [6, 6.07) is 0. The first kappa shape index (κ1) is 9.19. The average Bonchev–Trinajstić information content (AvgIpc) is 2.03. The molecule has 0 bridgehead atoms. The minimum Gasteiger partial charge on any atom is -0.385 e. The molecule has 0 saturated carbocycles. The molecule has 1 unspecified atom stereocenters. The zero-order valence-electron chi connectivity index (χ0n) is 7.59. The molecule has 0 aromatic rings. The van der Waals surface area contributed by atoms with E-state index in [1.165, 1.54) is 6.92 Å². The van der Waals surface area contributed by atoms with E-state index < -0.39 is 6.10 Å². The minimum atomic E-state index is -0.621. The summed E-state index contributed by atoms with van der Waals surface area (Å²) in [6.45, 7) is 5.25. The van der Waals surface area contributed by atoms with E-state index in [9.17, 15) is 9.90 Å². The molecule has 1 rings (SSSR count). The molecule has 1 heterocycles. The van der Waals surface area contributed by atoms with Gasteiger partial charge in [-0.15, -0.1) is 0 Å². The molecule has 68 valence electrons. The standard InChI is InChI=1S/C8H14N2O2/c1-5(11)9-7-6(12)4-8(2,3)10-7/h6,12H,4H2,1-3H3,(H,9,10,11). The lowest BCUT2D eigenvalue weighted by molar-refractivity contribution is -0.117. The van der Waals surface area contributed by atoms with E-state index in [4.69, 9.17) is 0 Å². The summed E-state index contributed by atoms with van der Waals surface area (Å²) in [4.78, 5) is 14.8. The highest BCUT2D eigenvalue weighted by atomic mass is 16.3. The molecular formula is C8H14N2O2. The van der Waals surface area contributed by atoms with Crippen molar-refractivity contribution in [2.45, 2.75) is 38.8 Å². The highest BCUT2D eigenvalue weighted by Gasteiger charge is 2.32. The largest absolute Gasteiger partial charge is 0.385 e. The number of nitrogens with zero attached hydrogens (tertiary/aromatic N) is 1. The molecule has 0 saturated heterocycles. The van der Waals surface area contributed by atoms with Crippen LogP contribution in [0.25, 0.3) is 0 Å². The fourth-order valence-electron chi connectivity index (χ4n) is 1.31. The van der Waals surface area contributed by atoms with Crippen molar-refractivity contribution in [1.29, 1.82) is 0 Å². The lowest BCUT2D eigenvalue weighted by Crippen LogP contribution is -2.34. The highest BCUT2D eigenvalue weighted by Crippen LogP contribution is 2.23. The summed E-state index contributed by atoms with van der Waals surface area (Å²) >= 11 is 0. The second kappa shape index (κ2) is 2.86. The Morgan fingerprint density at radius 3 is 2.67 bits per heavy atom. The Morgan fingerprint density at radius 1 is 1.75 bits per heavy atom. The summed E-state index contributed by atoms with van der Waals surface area (Å²) in [7, 11) is 0. The second-order valence-electron chi connectivity index (χ2n) is 3.71. The summed E-state index contributed by atoms with van der Waals surface area (Å²) < 4.78 is 0. The zero-order chi connectivity index (χ0) is 9.35. The van der Waals surface area contributed by atoms with E-state index in [0.717, 1.165) is 0 Å². The van der Waals surface area contributed by atoms with E-state index in [2.05, 4.69) is 10.3 Å². The van der Waals surface area contributed by atoms with Crippen molar-refractivity contribution in [3.63, 3.8) is 0 Å². The molecule has 2 N–H and O–H groups in total. The fraction of sp³-hybridized carbons (Fsp3) is 0.750. The van der Waals surface area contributed by atoms with Crippen molar-refractivity contribution >= 4 is 11.7 Å². The van der Waals surface area contributed by atoms with E-state index in [1.54, 1.807) is 0 Å². The predicted molar refractivity (Wildman–Crippen MR) is 46.0 cm³/mol. The van der Waals surface area contributed by atoms with Crippen molar-refractivity contribution < 1.29 is 9.90 Å². The van der Waals surface area contributed by atoms with Crippen LogP contribution in [0.2, 0.25) is 0 Å². The van der Waals surface area contributed by atoms with Gasteiger partial charge in [0, 0.05) is 13.3 Å². The van der Waals surface area contributed by atoms with Crippen LogP contribution in [0.5, 0.6) is 0 Å². The van der Waals surface area contributed by atoms with Gasteiger partial charge in [-0.05, 0) is 13.8 Å². The van der Waals surface area contributed by atoms with Crippen molar-refractivity contribution in [3.05, 3.63) is 0 Å². The molecule has 0 aromatic carbocycles. The van der Waals surface area contributed by atoms with Gasteiger partial charge in [-0.1, -0.05) is 0 Å². The normalized spacial score (nSPS) is 26.7. The van der Waals surface area contributed by atoms with Gasteiger partial charge in [-0.2, -0.15) is 0 Å². The second-order valence-corrected chi connectivity index (χ2v) is 3.71. The van der Waals surface area contributed by atoms with Crippen LogP contribution in [-0.2, 0) is 4.79 Å². The molecule has 0 fully saturated rings. The number of rotatable bonds is 0. The smallest absolute Gasteiger partial charge is 0.222 e. The summed E-state index contributed by atoms with van der Waals surface area (Å²) in [6.07, 6.45) is -0.0494. The van der Waals surface area contributed by atoms with Gasteiger partial charge in [-0.25, -0.2) is 0 Å². The number of hydrogen-bond acceptors (Lipinski definition) is 3. The molecule has 1 aliphatic rings. The third-order valence-corrected chi connectivity index (χ3v) is 1.74. The highest BCUT2D eigenvalue weighted by molar-refractivity contribution is 6.00. The van der Waals surface area contributed by atoms with Gasteiger partial charge in [0.15, 0.2) is 0 Å². The van der Waals surface area contributed by atoms with Crippen molar-refractivity contribution in [2.75, 3.05) is 0 Å². The number of amidine groups is 1. The van der Waals surface area contributed by atoms with Crippen LogP contribution in [0.1, 0.15) is 27.2 Å². The maximum Gasteiger partial charge on any atom is 0.222 e. The number of amides is 1. The lowest BCUT2D eigenvalue weighted by Gasteiger charge is -2.11. The van der Waals surface area contributed by atoms with Crippen LogP contribution in [0, 0.1) is 0 Å². The maximum absolute atomic E-state index is 10.7. The van der Waals surface area contributed by atoms with Crippen LogP contribution in [-0.4, -0.2) is 28.5 Å². The number of aliphatic imine (C=N–C) groups is 1. The predicted octanol–water partition coefficient (Wildman–Crippen LogP) is 0.0642. The summed E-state index contributed by atoms with van der Waals surface area (Å²) in [5.41, 5.74) is -0.253. The Labute approximate surface area is 71.7 Å². The van der Waals surface area contributed by atoms with Gasteiger partial charge in [0.1, 0.15) is 11.9 Å². The zero-order valence-corrected chi connectivity index (χ0v) is 7.59. The molecular weight excluding hydrogens is 156 g/mol. The lowest BCUT2D eigenvalue weighted by atomic mass is 10.0. The van der Waals surface area contributed by atoms with Gasteiger partial charge >= 0.3 is 0 Å². The summed E-state index contributed by atoms with van der Waals surface area (Å²) in [5.74, 6) is 0.206. The molecule has 0 spiro atoms. The van der Waals surface area contributed by atoms with Crippen LogP contribution < -0.4 is 5.32 Å². The van der Waals surface area contributed by atoms with Gasteiger partial charge in [0.25, 0.3) is 0 Å². The van der Waals surface area contributed by atoms with Gasteiger partial charge < -0.3 is 10.4 Å². The molecule has 1 atom stereocenters. The number of carbonyl (C=O) groups is 1. The van der Waals surface area contributed by atoms with E-state index in [0.29, 0.717) is 12.3 Å². The Morgan fingerprint density at radius 2 is 2.33 bits per heavy atom. The number of hydrogen-bond donors (Lipinski definition) is 2.